The minimum atomic E-state index is 0.234. The van der Waals surface area contributed by atoms with Crippen LogP contribution in [0.15, 0.2) is 0 Å². The molecule has 0 amide bonds. The number of aliphatic hydroxyl groups is 1. The van der Waals surface area contributed by atoms with Crippen molar-refractivity contribution in [1.82, 2.24) is 10.2 Å². The molecule has 3 nitrogen and oxygen atoms in total. The highest BCUT2D eigenvalue weighted by molar-refractivity contribution is 4.70. The van der Waals surface area contributed by atoms with Crippen molar-refractivity contribution in [2.45, 2.75) is 39.7 Å². The van der Waals surface area contributed by atoms with Gasteiger partial charge in [-0.25, -0.2) is 0 Å². The molecule has 0 rings (SSSR count). The minimum absolute atomic E-state index is 0.234. The topological polar surface area (TPSA) is 35.5 Å². The normalized spacial score (nSPS) is 13.5. The average Bonchev–Trinajstić information content (AvgIpc) is 2.18. The summed E-state index contributed by atoms with van der Waals surface area (Å²) < 4.78 is 0. The highest BCUT2D eigenvalue weighted by Crippen LogP contribution is 1.96. The molecule has 0 aliphatic carbocycles. The van der Waals surface area contributed by atoms with Crippen molar-refractivity contribution in [2.24, 2.45) is 0 Å². The lowest BCUT2D eigenvalue weighted by molar-refractivity contribution is 0.182. The van der Waals surface area contributed by atoms with Gasteiger partial charge >= 0.3 is 0 Å². The Morgan fingerprint density at radius 3 is 2.07 bits per heavy atom. The maximum atomic E-state index is 9.15. The molecule has 0 saturated carbocycles. The zero-order chi connectivity index (χ0) is 10.8. The fraction of sp³-hybridized carbons (Fsp3) is 1.00. The summed E-state index contributed by atoms with van der Waals surface area (Å²) in [7, 11) is 0. The largest absolute Gasteiger partial charge is 0.395 e. The highest BCUT2D eigenvalue weighted by Gasteiger charge is 2.10. The second-order valence-corrected chi connectivity index (χ2v) is 3.74. The van der Waals surface area contributed by atoms with E-state index >= 15 is 0 Å². The summed E-state index contributed by atoms with van der Waals surface area (Å²) in [5.74, 6) is 0. The standard InChI is InChI=1S/C11H26N2O/c1-4-7-13(8-5-2)9-11(10-14)12-6-3/h11-12,14H,4-10H2,1-3H3. The second kappa shape index (κ2) is 9.44. The summed E-state index contributed by atoms with van der Waals surface area (Å²) in [5.41, 5.74) is 0. The molecule has 2 N–H and O–H groups in total. The van der Waals surface area contributed by atoms with Gasteiger partial charge in [0.1, 0.15) is 0 Å². The second-order valence-electron chi connectivity index (χ2n) is 3.74. The van der Waals surface area contributed by atoms with E-state index in [4.69, 9.17) is 5.11 Å². The van der Waals surface area contributed by atoms with Crippen LogP contribution < -0.4 is 5.32 Å². The fourth-order valence-electron chi connectivity index (χ4n) is 1.71. The Balaban J connectivity index is 3.83. The van der Waals surface area contributed by atoms with Crippen LogP contribution in [0, 0.1) is 0 Å². The molecule has 0 aromatic rings. The SMILES string of the molecule is CCCN(CCC)CC(CO)NCC. The van der Waals surface area contributed by atoms with Gasteiger partial charge in [-0.3, -0.25) is 0 Å². The van der Waals surface area contributed by atoms with Gasteiger partial charge in [-0.2, -0.15) is 0 Å². The molecule has 1 atom stereocenters. The lowest BCUT2D eigenvalue weighted by Crippen LogP contribution is -2.43. The Labute approximate surface area is 88.5 Å². The number of nitrogens with one attached hydrogen (secondary N) is 1. The van der Waals surface area contributed by atoms with Gasteiger partial charge in [-0.05, 0) is 32.5 Å². The van der Waals surface area contributed by atoms with E-state index in [0.717, 1.165) is 26.2 Å². The predicted octanol–water partition coefficient (Wildman–Crippen LogP) is 1.08. The molecular formula is C11H26N2O. The Kier molecular flexibility index (Phi) is 9.35. The number of likely N-dealkylation sites (N-methyl/N-ethyl adjacent to an activating group) is 1. The third-order valence-electron chi connectivity index (χ3n) is 2.27. The van der Waals surface area contributed by atoms with Gasteiger partial charge in [0.2, 0.25) is 0 Å². The van der Waals surface area contributed by atoms with Gasteiger partial charge in [0, 0.05) is 12.6 Å². The van der Waals surface area contributed by atoms with E-state index in [1.54, 1.807) is 0 Å². The zero-order valence-electron chi connectivity index (χ0n) is 9.92. The van der Waals surface area contributed by atoms with Crippen LogP contribution in [-0.2, 0) is 0 Å². The predicted molar refractivity (Wildman–Crippen MR) is 61.6 cm³/mol. The van der Waals surface area contributed by atoms with Crippen LogP contribution in [0.5, 0.6) is 0 Å². The summed E-state index contributed by atoms with van der Waals surface area (Å²) in [6, 6.07) is 0.234. The number of nitrogens with zero attached hydrogens (tertiary/aromatic N) is 1. The maximum absolute atomic E-state index is 9.15. The lowest BCUT2D eigenvalue weighted by atomic mass is 10.2. The molecular weight excluding hydrogens is 176 g/mol. The number of rotatable bonds is 9. The molecule has 0 radical (unpaired) electrons. The van der Waals surface area contributed by atoms with Gasteiger partial charge in [0.25, 0.3) is 0 Å². The van der Waals surface area contributed by atoms with Gasteiger partial charge in [-0.1, -0.05) is 20.8 Å². The van der Waals surface area contributed by atoms with E-state index in [2.05, 4.69) is 31.0 Å². The Morgan fingerprint density at radius 1 is 1.14 bits per heavy atom. The van der Waals surface area contributed by atoms with Crippen LogP contribution >= 0.6 is 0 Å². The van der Waals surface area contributed by atoms with E-state index < -0.39 is 0 Å². The molecule has 3 heteroatoms. The first kappa shape index (κ1) is 13.9. The van der Waals surface area contributed by atoms with Gasteiger partial charge < -0.3 is 15.3 Å². The van der Waals surface area contributed by atoms with Crippen molar-refractivity contribution in [3.05, 3.63) is 0 Å². The first-order valence-electron chi connectivity index (χ1n) is 5.84. The molecule has 14 heavy (non-hydrogen) atoms. The van der Waals surface area contributed by atoms with Crippen LogP contribution in [0.4, 0.5) is 0 Å². The smallest absolute Gasteiger partial charge is 0.0597 e. The molecule has 86 valence electrons. The Hall–Kier alpha value is -0.120. The molecule has 0 aromatic heterocycles. The molecule has 0 aromatic carbocycles. The average molecular weight is 202 g/mol. The molecule has 0 heterocycles. The lowest BCUT2D eigenvalue weighted by Gasteiger charge is -2.26. The molecule has 0 saturated heterocycles. The summed E-state index contributed by atoms with van der Waals surface area (Å²) in [6.45, 7) is 10.9. The molecule has 1 unspecified atom stereocenters. The van der Waals surface area contributed by atoms with E-state index in [9.17, 15) is 0 Å². The third kappa shape index (κ3) is 6.35. The van der Waals surface area contributed by atoms with Crippen LogP contribution in [0.2, 0.25) is 0 Å². The summed E-state index contributed by atoms with van der Waals surface area (Å²) >= 11 is 0. The Bertz CT molecular complexity index is 114. The van der Waals surface area contributed by atoms with Crippen LogP contribution in [0.1, 0.15) is 33.6 Å². The monoisotopic (exact) mass is 202 g/mol. The molecule has 0 fully saturated rings. The summed E-state index contributed by atoms with van der Waals surface area (Å²) in [4.78, 5) is 2.42. The summed E-state index contributed by atoms with van der Waals surface area (Å²) in [6.07, 6.45) is 2.37. The van der Waals surface area contributed by atoms with E-state index in [0.29, 0.717) is 0 Å². The molecule has 0 aliphatic rings. The van der Waals surface area contributed by atoms with E-state index in [1.807, 2.05) is 0 Å². The number of hydrogen-bond acceptors (Lipinski definition) is 3. The minimum Gasteiger partial charge on any atom is -0.395 e. The van der Waals surface area contributed by atoms with Crippen molar-refractivity contribution in [2.75, 3.05) is 32.8 Å². The molecule has 0 bridgehead atoms. The highest BCUT2D eigenvalue weighted by atomic mass is 16.3. The van der Waals surface area contributed by atoms with E-state index in [-0.39, 0.29) is 12.6 Å². The van der Waals surface area contributed by atoms with Gasteiger partial charge in [-0.15, -0.1) is 0 Å². The Morgan fingerprint density at radius 2 is 1.71 bits per heavy atom. The third-order valence-corrected chi connectivity index (χ3v) is 2.27. The number of aliphatic hydroxyl groups excluding tert-OH is 1. The first-order chi connectivity index (χ1) is 6.78. The van der Waals surface area contributed by atoms with Crippen molar-refractivity contribution < 1.29 is 5.11 Å². The van der Waals surface area contributed by atoms with Crippen LogP contribution in [0.25, 0.3) is 0 Å². The van der Waals surface area contributed by atoms with Gasteiger partial charge in [0.15, 0.2) is 0 Å². The van der Waals surface area contributed by atoms with E-state index in [1.165, 1.54) is 12.8 Å². The van der Waals surface area contributed by atoms with Crippen molar-refractivity contribution in [3.63, 3.8) is 0 Å². The molecule has 0 aliphatic heterocycles. The van der Waals surface area contributed by atoms with Gasteiger partial charge in [0.05, 0.1) is 6.61 Å². The zero-order valence-corrected chi connectivity index (χ0v) is 9.92. The van der Waals surface area contributed by atoms with Crippen molar-refractivity contribution in [1.29, 1.82) is 0 Å². The summed E-state index contributed by atoms with van der Waals surface area (Å²) in [5, 5.41) is 12.4. The first-order valence-corrected chi connectivity index (χ1v) is 5.84. The van der Waals surface area contributed by atoms with Crippen molar-refractivity contribution >= 4 is 0 Å². The van der Waals surface area contributed by atoms with Crippen molar-refractivity contribution in [3.8, 4) is 0 Å². The van der Waals surface area contributed by atoms with Crippen LogP contribution in [-0.4, -0.2) is 48.8 Å². The maximum Gasteiger partial charge on any atom is 0.0597 e. The van der Waals surface area contributed by atoms with Crippen LogP contribution in [0.3, 0.4) is 0 Å². The fourth-order valence-corrected chi connectivity index (χ4v) is 1.71. The quantitative estimate of drug-likeness (QED) is 0.587. The number of hydrogen-bond donors (Lipinski definition) is 2. The molecule has 0 spiro atoms.